The number of nitrogens with one attached hydrogen (secondary N) is 1. The minimum atomic E-state index is -0.245. The van der Waals surface area contributed by atoms with E-state index in [9.17, 15) is 9.90 Å². The number of nitrogen functional groups attached to an aromatic ring is 1. The molecule has 0 aromatic carbocycles. The van der Waals surface area contributed by atoms with Gasteiger partial charge in [-0.25, -0.2) is 0 Å². The van der Waals surface area contributed by atoms with Gasteiger partial charge in [0, 0.05) is 24.0 Å². The van der Waals surface area contributed by atoms with Crippen molar-refractivity contribution in [3.05, 3.63) is 18.0 Å². The number of aliphatic hydroxyl groups is 1. The van der Waals surface area contributed by atoms with Gasteiger partial charge >= 0.3 is 0 Å². The van der Waals surface area contributed by atoms with Gasteiger partial charge in [0.2, 0.25) is 0 Å². The first-order chi connectivity index (χ1) is 8.15. The molecule has 0 spiro atoms. The topological polar surface area (TPSA) is 82.4 Å². The number of hydrogen-bond acceptors (Lipinski definition) is 3. The van der Waals surface area contributed by atoms with Crippen LogP contribution in [0.2, 0.25) is 0 Å². The normalized spacial score (nSPS) is 31.8. The number of rotatable bonds is 1. The van der Waals surface area contributed by atoms with E-state index in [4.69, 9.17) is 5.73 Å². The van der Waals surface area contributed by atoms with E-state index in [-0.39, 0.29) is 24.1 Å². The zero-order valence-corrected chi connectivity index (χ0v) is 9.60. The lowest BCUT2D eigenvalue weighted by Gasteiger charge is -2.36. The van der Waals surface area contributed by atoms with E-state index in [1.807, 2.05) is 4.90 Å². The SMILES string of the molecule is Nc1c[nH]c(C(=O)N2C3CCC2CC(O)C3)c1. The zero-order valence-electron chi connectivity index (χ0n) is 9.60. The lowest BCUT2D eigenvalue weighted by molar-refractivity contribution is 0.0283. The van der Waals surface area contributed by atoms with Gasteiger partial charge in [-0.05, 0) is 31.7 Å². The largest absolute Gasteiger partial charge is 0.397 e. The van der Waals surface area contributed by atoms with Crippen LogP contribution >= 0.6 is 0 Å². The lowest BCUT2D eigenvalue weighted by atomic mass is 9.99. The Morgan fingerprint density at radius 2 is 2.06 bits per heavy atom. The van der Waals surface area contributed by atoms with Crippen molar-refractivity contribution in [1.29, 1.82) is 0 Å². The summed E-state index contributed by atoms with van der Waals surface area (Å²) in [7, 11) is 0. The Kier molecular flexibility index (Phi) is 2.36. The third kappa shape index (κ3) is 1.70. The summed E-state index contributed by atoms with van der Waals surface area (Å²) in [6, 6.07) is 2.06. The summed E-state index contributed by atoms with van der Waals surface area (Å²) in [6.45, 7) is 0. The van der Waals surface area contributed by atoms with Crippen molar-refractivity contribution in [3.63, 3.8) is 0 Å². The van der Waals surface area contributed by atoms with Crippen molar-refractivity contribution in [2.45, 2.75) is 43.9 Å². The number of carbonyl (C=O) groups is 1. The third-order valence-corrected chi connectivity index (χ3v) is 3.88. The van der Waals surface area contributed by atoms with Gasteiger partial charge in [-0.3, -0.25) is 4.79 Å². The van der Waals surface area contributed by atoms with Crippen LogP contribution in [0.4, 0.5) is 5.69 Å². The minimum Gasteiger partial charge on any atom is -0.397 e. The molecule has 2 aliphatic rings. The number of anilines is 1. The summed E-state index contributed by atoms with van der Waals surface area (Å²) in [5, 5.41) is 9.70. The Bertz CT molecular complexity index is 429. The molecule has 17 heavy (non-hydrogen) atoms. The summed E-state index contributed by atoms with van der Waals surface area (Å²) in [4.78, 5) is 17.2. The van der Waals surface area contributed by atoms with Gasteiger partial charge in [-0.2, -0.15) is 0 Å². The summed E-state index contributed by atoms with van der Waals surface area (Å²) < 4.78 is 0. The Labute approximate surface area is 99.6 Å². The maximum Gasteiger partial charge on any atom is 0.270 e. The number of H-pyrrole nitrogens is 1. The molecule has 0 aliphatic carbocycles. The van der Waals surface area contributed by atoms with Gasteiger partial charge in [0.1, 0.15) is 5.69 Å². The Morgan fingerprint density at radius 3 is 2.59 bits per heavy atom. The average molecular weight is 235 g/mol. The highest BCUT2D eigenvalue weighted by Crippen LogP contribution is 2.36. The summed E-state index contributed by atoms with van der Waals surface area (Å²) >= 11 is 0. The number of hydrogen-bond donors (Lipinski definition) is 3. The van der Waals surface area contributed by atoms with Crippen LogP contribution in [-0.2, 0) is 0 Å². The maximum absolute atomic E-state index is 12.3. The minimum absolute atomic E-state index is 0.0149. The van der Waals surface area contributed by atoms with Crippen molar-refractivity contribution >= 4 is 11.6 Å². The number of fused-ring (bicyclic) bond motifs is 2. The summed E-state index contributed by atoms with van der Waals surface area (Å²) in [5.41, 5.74) is 6.74. The average Bonchev–Trinajstić information content (AvgIpc) is 2.81. The highest BCUT2D eigenvalue weighted by atomic mass is 16.3. The first-order valence-corrected chi connectivity index (χ1v) is 6.10. The summed E-state index contributed by atoms with van der Waals surface area (Å²) in [6.07, 6.45) is 4.81. The Balaban J connectivity index is 1.83. The van der Waals surface area contributed by atoms with Crippen molar-refractivity contribution < 1.29 is 9.90 Å². The number of aromatic nitrogens is 1. The molecule has 3 rings (SSSR count). The number of amides is 1. The molecule has 2 fully saturated rings. The maximum atomic E-state index is 12.3. The molecule has 0 radical (unpaired) electrons. The van der Waals surface area contributed by atoms with Gasteiger partial charge in [0.25, 0.3) is 5.91 Å². The second-order valence-electron chi connectivity index (χ2n) is 5.07. The number of piperidine rings is 1. The van der Waals surface area contributed by atoms with Crippen molar-refractivity contribution in [1.82, 2.24) is 9.88 Å². The molecule has 2 aliphatic heterocycles. The number of aromatic amines is 1. The second kappa shape index (κ2) is 3.77. The second-order valence-corrected chi connectivity index (χ2v) is 5.07. The fraction of sp³-hybridized carbons (Fsp3) is 0.583. The highest BCUT2D eigenvalue weighted by molar-refractivity contribution is 5.94. The third-order valence-electron chi connectivity index (χ3n) is 3.88. The van der Waals surface area contributed by atoms with E-state index in [2.05, 4.69) is 4.98 Å². The van der Waals surface area contributed by atoms with Crippen LogP contribution < -0.4 is 5.73 Å². The summed E-state index contributed by atoms with van der Waals surface area (Å²) in [5.74, 6) is 0.0149. The Hall–Kier alpha value is -1.49. The smallest absolute Gasteiger partial charge is 0.270 e. The van der Waals surface area contributed by atoms with E-state index in [1.165, 1.54) is 0 Å². The van der Waals surface area contributed by atoms with Gasteiger partial charge in [0.05, 0.1) is 6.10 Å². The van der Waals surface area contributed by atoms with Gasteiger partial charge < -0.3 is 20.7 Å². The van der Waals surface area contributed by atoms with Crippen LogP contribution in [0.15, 0.2) is 12.3 Å². The molecule has 5 nitrogen and oxygen atoms in total. The monoisotopic (exact) mass is 235 g/mol. The predicted octanol–water partition coefficient (Wildman–Crippen LogP) is 0.725. The number of aliphatic hydroxyl groups excluding tert-OH is 1. The molecule has 92 valence electrons. The highest BCUT2D eigenvalue weighted by Gasteiger charge is 2.43. The lowest BCUT2D eigenvalue weighted by Crippen LogP contribution is -2.48. The molecule has 4 N–H and O–H groups in total. The fourth-order valence-corrected chi connectivity index (χ4v) is 3.15. The molecule has 2 atom stereocenters. The predicted molar refractivity (Wildman–Crippen MR) is 63.4 cm³/mol. The molecule has 1 amide bonds. The molecule has 1 aromatic rings. The number of nitrogens with two attached hydrogens (primary N) is 1. The van der Waals surface area contributed by atoms with Crippen molar-refractivity contribution in [2.24, 2.45) is 0 Å². The zero-order chi connectivity index (χ0) is 12.0. The van der Waals surface area contributed by atoms with Gasteiger partial charge in [0.15, 0.2) is 0 Å². The molecule has 3 heterocycles. The van der Waals surface area contributed by atoms with E-state index in [1.54, 1.807) is 12.3 Å². The molecule has 5 heteroatoms. The van der Waals surface area contributed by atoms with E-state index >= 15 is 0 Å². The van der Waals surface area contributed by atoms with Gasteiger partial charge in [-0.1, -0.05) is 0 Å². The van der Waals surface area contributed by atoms with Crippen LogP contribution in [0.1, 0.15) is 36.2 Å². The standard InChI is InChI=1S/C12H17N3O2/c13-7-3-11(14-6-7)12(17)15-8-1-2-9(15)5-10(16)4-8/h3,6,8-10,14,16H,1-2,4-5,13H2. The molecule has 2 bridgehead atoms. The molecular formula is C12H17N3O2. The van der Waals surface area contributed by atoms with Crippen molar-refractivity contribution in [3.8, 4) is 0 Å². The van der Waals surface area contributed by atoms with Gasteiger partial charge in [-0.15, -0.1) is 0 Å². The van der Waals surface area contributed by atoms with Crippen molar-refractivity contribution in [2.75, 3.05) is 5.73 Å². The molecular weight excluding hydrogens is 218 g/mol. The van der Waals surface area contributed by atoms with E-state index in [0.29, 0.717) is 24.2 Å². The number of carbonyl (C=O) groups excluding carboxylic acids is 1. The Morgan fingerprint density at radius 1 is 1.41 bits per heavy atom. The van der Waals surface area contributed by atoms with Crippen LogP contribution in [0, 0.1) is 0 Å². The number of nitrogens with zero attached hydrogens (tertiary/aromatic N) is 1. The molecule has 2 unspecified atom stereocenters. The molecule has 1 aromatic heterocycles. The first-order valence-electron chi connectivity index (χ1n) is 6.10. The van der Waals surface area contributed by atoms with Crippen LogP contribution in [-0.4, -0.2) is 39.1 Å². The fourth-order valence-electron chi connectivity index (χ4n) is 3.15. The van der Waals surface area contributed by atoms with E-state index < -0.39 is 0 Å². The molecule has 0 saturated carbocycles. The van der Waals surface area contributed by atoms with Crippen LogP contribution in [0.3, 0.4) is 0 Å². The first kappa shape index (κ1) is 10.7. The van der Waals surface area contributed by atoms with Crippen LogP contribution in [0.25, 0.3) is 0 Å². The van der Waals surface area contributed by atoms with E-state index in [0.717, 1.165) is 12.8 Å². The molecule has 2 saturated heterocycles. The van der Waals surface area contributed by atoms with Crippen LogP contribution in [0.5, 0.6) is 0 Å². The quantitative estimate of drug-likeness (QED) is 0.671.